The van der Waals surface area contributed by atoms with Crippen LogP contribution in [0.5, 0.6) is 11.5 Å². The zero-order valence-electron chi connectivity index (χ0n) is 19.5. The lowest BCUT2D eigenvalue weighted by molar-refractivity contribution is 0.0926. The Hall–Kier alpha value is -4.06. The first-order valence-corrected chi connectivity index (χ1v) is 11.0. The van der Waals surface area contributed by atoms with Crippen LogP contribution in [0.15, 0.2) is 72.8 Å². The van der Waals surface area contributed by atoms with Gasteiger partial charge in [0.15, 0.2) is 5.78 Å². The molecule has 6 nitrogen and oxygen atoms in total. The van der Waals surface area contributed by atoms with Crippen LogP contribution < -0.4 is 9.47 Å². The van der Waals surface area contributed by atoms with E-state index < -0.39 is 6.09 Å². The van der Waals surface area contributed by atoms with Crippen molar-refractivity contribution in [3.05, 3.63) is 83.9 Å². The van der Waals surface area contributed by atoms with E-state index in [2.05, 4.69) is 0 Å². The van der Waals surface area contributed by atoms with Crippen molar-refractivity contribution in [2.75, 3.05) is 27.8 Å². The van der Waals surface area contributed by atoms with Gasteiger partial charge in [0.25, 0.3) is 0 Å². The van der Waals surface area contributed by atoms with Crippen LogP contribution in [-0.4, -0.2) is 44.6 Å². The van der Waals surface area contributed by atoms with E-state index in [0.29, 0.717) is 11.3 Å². The molecule has 0 fully saturated rings. The van der Waals surface area contributed by atoms with Crippen LogP contribution >= 0.6 is 0 Å². The number of fused-ring (bicyclic) bond motifs is 3. The summed E-state index contributed by atoms with van der Waals surface area (Å²) in [6.07, 6.45) is -0.289. The molecule has 0 heterocycles. The molecule has 4 aromatic carbocycles. The molecular weight excluding hydrogens is 430 g/mol. The van der Waals surface area contributed by atoms with E-state index in [1.807, 2.05) is 72.8 Å². The first kappa shape index (κ1) is 23.1. The quantitative estimate of drug-likeness (QED) is 0.245. The van der Waals surface area contributed by atoms with Gasteiger partial charge in [-0.2, -0.15) is 0 Å². The Morgan fingerprint density at radius 1 is 0.853 bits per heavy atom. The van der Waals surface area contributed by atoms with E-state index in [9.17, 15) is 9.59 Å². The van der Waals surface area contributed by atoms with Crippen molar-refractivity contribution in [1.82, 2.24) is 4.90 Å². The molecule has 0 saturated carbocycles. The highest BCUT2D eigenvalue weighted by atomic mass is 16.6. The first-order valence-electron chi connectivity index (χ1n) is 11.0. The molecule has 0 aromatic heterocycles. The van der Waals surface area contributed by atoms with Crippen LogP contribution in [0.2, 0.25) is 0 Å². The van der Waals surface area contributed by atoms with Gasteiger partial charge in [-0.25, -0.2) is 4.79 Å². The van der Waals surface area contributed by atoms with Crippen molar-refractivity contribution in [3.63, 3.8) is 0 Å². The summed E-state index contributed by atoms with van der Waals surface area (Å²) < 4.78 is 16.4. The Morgan fingerprint density at radius 2 is 1.65 bits per heavy atom. The zero-order chi connectivity index (χ0) is 24.1. The van der Waals surface area contributed by atoms with E-state index in [0.717, 1.165) is 32.9 Å². The topological polar surface area (TPSA) is 65.1 Å². The molecule has 0 radical (unpaired) electrons. The molecule has 1 amide bonds. The highest BCUT2D eigenvalue weighted by molar-refractivity contribution is 6.19. The van der Waals surface area contributed by atoms with Gasteiger partial charge in [-0.05, 0) is 52.1 Å². The van der Waals surface area contributed by atoms with E-state index in [1.54, 1.807) is 21.3 Å². The maximum absolute atomic E-state index is 13.3. The second-order valence-corrected chi connectivity index (χ2v) is 8.03. The fourth-order valence-corrected chi connectivity index (χ4v) is 4.01. The number of nitrogens with zero attached hydrogens (tertiary/aromatic N) is 1. The lowest BCUT2D eigenvalue weighted by Crippen LogP contribution is -2.29. The first-order chi connectivity index (χ1) is 16.5. The smallest absolute Gasteiger partial charge is 0.409 e. The Labute approximate surface area is 198 Å². The largest absolute Gasteiger partial charge is 0.497 e. The molecule has 0 saturated heterocycles. The number of ketones is 1. The zero-order valence-corrected chi connectivity index (χ0v) is 19.5. The molecular formula is C28H27NO5. The number of benzene rings is 4. The van der Waals surface area contributed by atoms with Gasteiger partial charge in [-0.3, -0.25) is 4.79 Å². The minimum absolute atomic E-state index is 0.0532. The molecule has 4 aromatic rings. The summed E-state index contributed by atoms with van der Waals surface area (Å²) in [5, 5.41) is 3.53. The predicted molar refractivity (Wildman–Crippen MR) is 133 cm³/mol. The highest BCUT2D eigenvalue weighted by Crippen LogP contribution is 2.37. The Kier molecular flexibility index (Phi) is 6.97. The van der Waals surface area contributed by atoms with Gasteiger partial charge < -0.3 is 19.1 Å². The number of methoxy groups -OCH3 is 2. The number of ether oxygens (including phenoxy) is 3. The molecule has 0 N–H and O–H groups in total. The predicted octanol–water partition coefficient (Wildman–Crippen LogP) is 5.85. The second-order valence-electron chi connectivity index (χ2n) is 8.03. The number of carbonyl (C=O) groups is 2. The van der Waals surface area contributed by atoms with Gasteiger partial charge >= 0.3 is 6.09 Å². The minimum Gasteiger partial charge on any atom is -0.497 e. The van der Waals surface area contributed by atoms with Gasteiger partial charge in [0.1, 0.15) is 18.1 Å². The van der Waals surface area contributed by atoms with E-state index in [-0.39, 0.29) is 25.4 Å². The summed E-state index contributed by atoms with van der Waals surface area (Å²) >= 11 is 0. The number of Topliss-reactive ketones (excluding diaryl/α,β-unsaturated/α-hetero) is 1. The lowest BCUT2D eigenvalue weighted by atomic mass is 9.93. The van der Waals surface area contributed by atoms with Gasteiger partial charge in [0.05, 0.1) is 14.2 Å². The third-order valence-electron chi connectivity index (χ3n) is 5.86. The standard InChI is InChI=1S/C28H27NO5/c1-29(28(31)34-18-19-8-5-4-6-9-19)15-14-25(30)23-16-20-10-7-11-26(33-3)27(20)24-17-21(32-2)12-13-22(23)24/h4-13,16-17H,14-15,18H2,1-3H3. The van der Waals surface area contributed by atoms with Gasteiger partial charge in [-0.15, -0.1) is 0 Å². The third-order valence-corrected chi connectivity index (χ3v) is 5.86. The molecule has 0 bridgehead atoms. The van der Waals surface area contributed by atoms with Crippen molar-refractivity contribution in [1.29, 1.82) is 0 Å². The summed E-state index contributed by atoms with van der Waals surface area (Å²) in [7, 11) is 4.88. The number of rotatable bonds is 8. The fourth-order valence-electron chi connectivity index (χ4n) is 4.01. The van der Waals surface area contributed by atoms with E-state index in [1.165, 1.54) is 4.90 Å². The SMILES string of the molecule is COc1ccc2c(C(=O)CCN(C)C(=O)OCc3ccccc3)cc3cccc(OC)c3c2c1. The van der Waals surface area contributed by atoms with Crippen molar-refractivity contribution < 1.29 is 23.8 Å². The molecule has 6 heteroatoms. The molecule has 4 rings (SSSR count). The Balaban J connectivity index is 1.55. The van der Waals surface area contributed by atoms with Crippen molar-refractivity contribution in [3.8, 4) is 11.5 Å². The van der Waals surface area contributed by atoms with Crippen molar-refractivity contribution in [2.24, 2.45) is 0 Å². The fraction of sp³-hybridized carbons (Fsp3) is 0.214. The van der Waals surface area contributed by atoms with Crippen molar-refractivity contribution in [2.45, 2.75) is 13.0 Å². The maximum atomic E-state index is 13.3. The summed E-state index contributed by atoms with van der Waals surface area (Å²) in [6, 6.07) is 22.8. The molecule has 0 aliphatic carbocycles. The lowest BCUT2D eigenvalue weighted by Gasteiger charge is -2.17. The molecule has 34 heavy (non-hydrogen) atoms. The minimum atomic E-state index is -0.463. The summed E-state index contributed by atoms with van der Waals surface area (Å²) in [5.41, 5.74) is 1.51. The van der Waals surface area contributed by atoms with Crippen LogP contribution in [0.4, 0.5) is 4.79 Å². The summed E-state index contributed by atoms with van der Waals surface area (Å²) in [4.78, 5) is 27.1. The molecule has 0 spiro atoms. The van der Waals surface area contributed by atoms with Crippen LogP contribution in [0, 0.1) is 0 Å². The molecule has 0 atom stereocenters. The van der Waals surface area contributed by atoms with Gasteiger partial charge in [-0.1, -0.05) is 42.5 Å². The van der Waals surface area contributed by atoms with Crippen LogP contribution in [0.3, 0.4) is 0 Å². The van der Waals surface area contributed by atoms with Crippen LogP contribution in [0.1, 0.15) is 22.3 Å². The van der Waals surface area contributed by atoms with Crippen LogP contribution in [-0.2, 0) is 11.3 Å². The number of carbonyl (C=O) groups excluding carboxylic acids is 2. The second kappa shape index (κ2) is 10.3. The summed E-state index contributed by atoms with van der Waals surface area (Å²) in [5.74, 6) is 1.38. The van der Waals surface area contributed by atoms with Gasteiger partial charge in [0.2, 0.25) is 0 Å². The van der Waals surface area contributed by atoms with Crippen molar-refractivity contribution >= 4 is 33.4 Å². The van der Waals surface area contributed by atoms with E-state index in [4.69, 9.17) is 14.2 Å². The third kappa shape index (κ3) is 4.81. The number of hydrogen-bond donors (Lipinski definition) is 0. The Bertz CT molecular complexity index is 1330. The monoisotopic (exact) mass is 457 g/mol. The van der Waals surface area contributed by atoms with E-state index >= 15 is 0 Å². The molecule has 174 valence electrons. The summed E-state index contributed by atoms with van der Waals surface area (Å²) in [6.45, 7) is 0.442. The number of amides is 1. The maximum Gasteiger partial charge on any atom is 0.409 e. The Morgan fingerprint density at radius 3 is 2.38 bits per heavy atom. The molecule has 0 aliphatic rings. The average Bonchev–Trinajstić information content (AvgIpc) is 2.89. The average molecular weight is 458 g/mol. The normalized spacial score (nSPS) is 10.8. The number of hydrogen-bond acceptors (Lipinski definition) is 5. The molecule has 0 unspecified atom stereocenters. The highest BCUT2D eigenvalue weighted by Gasteiger charge is 2.18. The van der Waals surface area contributed by atoms with Crippen LogP contribution in [0.25, 0.3) is 21.5 Å². The van der Waals surface area contributed by atoms with Gasteiger partial charge in [0, 0.05) is 31.0 Å². The molecule has 0 aliphatic heterocycles.